The molecule has 172 valence electrons. The third-order valence-corrected chi connectivity index (χ3v) is 7.03. The summed E-state index contributed by atoms with van der Waals surface area (Å²) in [5, 5.41) is 2.72. The van der Waals surface area contributed by atoms with Crippen molar-refractivity contribution in [3.05, 3.63) is 79.4 Å². The van der Waals surface area contributed by atoms with Gasteiger partial charge in [-0.1, -0.05) is 18.7 Å². The van der Waals surface area contributed by atoms with Crippen LogP contribution in [-0.4, -0.2) is 61.1 Å². The van der Waals surface area contributed by atoms with Crippen LogP contribution in [-0.2, 0) is 19.6 Å². The third-order valence-electron chi connectivity index (χ3n) is 5.12. The number of ether oxygens (including phenoxy) is 2. The van der Waals surface area contributed by atoms with Crippen molar-refractivity contribution in [2.75, 3.05) is 38.2 Å². The Morgan fingerprint density at radius 1 is 1.12 bits per heavy atom. The predicted octanol–water partition coefficient (Wildman–Crippen LogP) is 2.44. The van der Waals surface area contributed by atoms with E-state index in [2.05, 4.69) is 16.9 Å². The number of morpholine rings is 1. The van der Waals surface area contributed by atoms with E-state index in [4.69, 9.17) is 9.47 Å². The minimum atomic E-state index is -3.58. The summed E-state index contributed by atoms with van der Waals surface area (Å²) < 4.78 is 39.5. The molecule has 0 radical (unpaired) electrons. The molecule has 9 nitrogen and oxygen atoms in total. The van der Waals surface area contributed by atoms with Crippen molar-refractivity contribution in [1.29, 1.82) is 0 Å². The van der Waals surface area contributed by atoms with Gasteiger partial charge in [-0.25, -0.2) is 13.4 Å². The van der Waals surface area contributed by atoms with Crippen molar-refractivity contribution in [3.8, 4) is 5.75 Å². The zero-order chi connectivity index (χ0) is 23.3. The molecule has 1 amide bonds. The number of anilines is 1. The molecular formula is C23H24N4O5S. The second kappa shape index (κ2) is 9.99. The molecule has 1 aliphatic rings. The Morgan fingerprint density at radius 2 is 1.85 bits per heavy atom. The number of imidazole rings is 1. The van der Waals surface area contributed by atoms with Crippen LogP contribution < -0.4 is 10.1 Å². The zero-order valence-corrected chi connectivity index (χ0v) is 18.7. The van der Waals surface area contributed by atoms with Gasteiger partial charge in [0.05, 0.1) is 30.1 Å². The fourth-order valence-corrected chi connectivity index (χ4v) is 4.78. The number of hydrogen-bond acceptors (Lipinski definition) is 6. The number of para-hydroxylation sites is 1. The topological polar surface area (TPSA) is 103 Å². The number of carbonyl (C=O) groups excluding carboxylic acids is 1. The SMILES string of the molecule is C=C(c1ccccc1OCC(=O)Nc1ccc(S(=O)(=O)N2CCOCC2)cc1)n1ccnc1. The molecule has 1 N–H and O–H groups in total. The lowest BCUT2D eigenvalue weighted by atomic mass is 10.1. The van der Waals surface area contributed by atoms with Gasteiger partial charge in [0, 0.05) is 36.7 Å². The molecule has 2 heterocycles. The molecule has 3 aromatic rings. The minimum Gasteiger partial charge on any atom is -0.483 e. The fraction of sp³-hybridized carbons (Fsp3) is 0.217. The molecule has 0 saturated carbocycles. The standard InChI is InChI=1S/C23H24N4O5S/c1-18(26-11-10-24-17-26)21-4-2-3-5-22(21)32-16-23(28)25-19-6-8-20(9-7-19)33(29,30)27-12-14-31-15-13-27/h2-11,17H,1,12-16H2,(H,25,28). The monoisotopic (exact) mass is 468 g/mol. The molecule has 0 aliphatic carbocycles. The molecule has 0 spiro atoms. The Bertz CT molecular complexity index is 1220. The molecule has 2 aromatic carbocycles. The van der Waals surface area contributed by atoms with Gasteiger partial charge in [0.15, 0.2) is 6.61 Å². The summed E-state index contributed by atoms with van der Waals surface area (Å²) in [5.41, 5.74) is 1.88. The minimum absolute atomic E-state index is 0.172. The average Bonchev–Trinajstić information content (AvgIpc) is 3.38. The fourth-order valence-electron chi connectivity index (χ4n) is 3.38. The highest BCUT2D eigenvalue weighted by molar-refractivity contribution is 7.89. The highest BCUT2D eigenvalue weighted by atomic mass is 32.2. The van der Waals surface area contributed by atoms with Gasteiger partial charge in [-0.3, -0.25) is 4.79 Å². The molecule has 0 bridgehead atoms. The van der Waals surface area contributed by atoms with Gasteiger partial charge in [0.2, 0.25) is 10.0 Å². The van der Waals surface area contributed by atoms with Gasteiger partial charge < -0.3 is 19.4 Å². The lowest BCUT2D eigenvalue weighted by molar-refractivity contribution is -0.118. The smallest absolute Gasteiger partial charge is 0.262 e. The second-order valence-corrected chi connectivity index (χ2v) is 9.23. The van der Waals surface area contributed by atoms with Crippen molar-refractivity contribution in [3.63, 3.8) is 0 Å². The van der Waals surface area contributed by atoms with E-state index in [1.165, 1.54) is 16.4 Å². The van der Waals surface area contributed by atoms with Crippen molar-refractivity contribution < 1.29 is 22.7 Å². The Morgan fingerprint density at radius 3 is 2.55 bits per heavy atom. The number of carbonyl (C=O) groups is 1. The van der Waals surface area contributed by atoms with Crippen molar-refractivity contribution in [1.82, 2.24) is 13.9 Å². The van der Waals surface area contributed by atoms with Crippen molar-refractivity contribution in [2.45, 2.75) is 4.90 Å². The molecule has 0 atom stereocenters. The Kier molecular flexibility index (Phi) is 6.87. The van der Waals surface area contributed by atoms with E-state index in [9.17, 15) is 13.2 Å². The van der Waals surface area contributed by atoms with E-state index in [1.54, 1.807) is 41.5 Å². The first-order valence-corrected chi connectivity index (χ1v) is 11.8. The Hall–Kier alpha value is -3.47. The molecule has 1 saturated heterocycles. The van der Waals surface area contributed by atoms with Gasteiger partial charge in [-0.15, -0.1) is 0 Å². The van der Waals surface area contributed by atoms with Crippen LogP contribution in [0, 0.1) is 0 Å². The summed E-state index contributed by atoms with van der Waals surface area (Å²) >= 11 is 0. The van der Waals surface area contributed by atoms with Crippen LogP contribution in [0.25, 0.3) is 5.70 Å². The van der Waals surface area contributed by atoms with Crippen LogP contribution in [0.3, 0.4) is 0 Å². The maximum atomic E-state index is 12.7. The molecular weight excluding hydrogens is 444 g/mol. The number of aromatic nitrogens is 2. The number of benzene rings is 2. The van der Waals surface area contributed by atoms with Crippen LogP contribution in [0.15, 0.2) is 78.7 Å². The van der Waals surface area contributed by atoms with Crippen LogP contribution in [0.5, 0.6) is 5.75 Å². The predicted molar refractivity (Wildman–Crippen MR) is 123 cm³/mol. The largest absolute Gasteiger partial charge is 0.483 e. The first-order chi connectivity index (χ1) is 15.9. The van der Waals surface area contributed by atoms with E-state index >= 15 is 0 Å². The summed E-state index contributed by atoms with van der Waals surface area (Å²) in [6.07, 6.45) is 5.06. The van der Waals surface area contributed by atoms with E-state index < -0.39 is 10.0 Å². The van der Waals surface area contributed by atoms with Gasteiger partial charge in [-0.05, 0) is 36.4 Å². The summed E-state index contributed by atoms with van der Waals surface area (Å²) in [6, 6.07) is 13.3. The van der Waals surface area contributed by atoms with Crippen LogP contribution >= 0.6 is 0 Å². The van der Waals surface area contributed by atoms with E-state index in [0.717, 1.165) is 5.56 Å². The Balaban J connectivity index is 1.37. The molecule has 10 heteroatoms. The van der Waals surface area contributed by atoms with E-state index in [-0.39, 0.29) is 17.4 Å². The lowest BCUT2D eigenvalue weighted by Gasteiger charge is -2.26. The normalized spacial score (nSPS) is 14.5. The molecule has 33 heavy (non-hydrogen) atoms. The molecule has 1 aliphatic heterocycles. The first kappa shape index (κ1) is 22.7. The maximum Gasteiger partial charge on any atom is 0.262 e. The number of hydrogen-bond donors (Lipinski definition) is 1. The van der Waals surface area contributed by atoms with Crippen molar-refractivity contribution in [2.24, 2.45) is 0 Å². The van der Waals surface area contributed by atoms with E-state index in [0.29, 0.717) is 43.4 Å². The number of sulfonamides is 1. The van der Waals surface area contributed by atoms with Gasteiger partial charge in [0.25, 0.3) is 5.91 Å². The second-order valence-electron chi connectivity index (χ2n) is 7.29. The zero-order valence-electron chi connectivity index (χ0n) is 17.9. The summed E-state index contributed by atoms with van der Waals surface area (Å²) in [4.78, 5) is 16.6. The number of rotatable bonds is 8. The van der Waals surface area contributed by atoms with Crippen LogP contribution in [0.4, 0.5) is 5.69 Å². The van der Waals surface area contributed by atoms with Gasteiger partial charge in [0.1, 0.15) is 5.75 Å². The number of amides is 1. The number of nitrogens with one attached hydrogen (secondary N) is 1. The quantitative estimate of drug-likeness (QED) is 0.545. The summed E-state index contributed by atoms with van der Waals surface area (Å²) in [7, 11) is -3.58. The highest BCUT2D eigenvalue weighted by Crippen LogP contribution is 2.26. The van der Waals surface area contributed by atoms with E-state index in [1.807, 2.05) is 18.2 Å². The lowest BCUT2D eigenvalue weighted by Crippen LogP contribution is -2.40. The van der Waals surface area contributed by atoms with Gasteiger partial charge in [-0.2, -0.15) is 4.31 Å². The molecule has 1 fully saturated rings. The molecule has 1 aromatic heterocycles. The molecule has 4 rings (SSSR count). The van der Waals surface area contributed by atoms with Gasteiger partial charge >= 0.3 is 0 Å². The maximum absolute atomic E-state index is 12.7. The molecule has 0 unspecified atom stereocenters. The third kappa shape index (κ3) is 5.30. The first-order valence-electron chi connectivity index (χ1n) is 10.3. The number of nitrogens with zero attached hydrogens (tertiary/aromatic N) is 3. The van der Waals surface area contributed by atoms with Crippen LogP contribution in [0.1, 0.15) is 5.56 Å². The van der Waals surface area contributed by atoms with Crippen LogP contribution in [0.2, 0.25) is 0 Å². The summed E-state index contributed by atoms with van der Waals surface area (Å²) in [5.74, 6) is 0.139. The Labute approximate surface area is 192 Å². The summed E-state index contributed by atoms with van der Waals surface area (Å²) in [6.45, 7) is 5.26. The van der Waals surface area contributed by atoms with Crippen molar-refractivity contribution >= 4 is 27.3 Å². The average molecular weight is 469 g/mol. The highest BCUT2D eigenvalue weighted by Gasteiger charge is 2.26.